The summed E-state index contributed by atoms with van der Waals surface area (Å²) in [5.74, 6) is 0.566. The number of carbonyl (C=O) groups is 1. The molecule has 1 fully saturated rings. The van der Waals surface area contributed by atoms with E-state index in [1.54, 1.807) is 6.07 Å². The molecule has 0 radical (unpaired) electrons. The van der Waals surface area contributed by atoms with Crippen molar-refractivity contribution in [3.8, 4) is 5.75 Å². The Bertz CT molecular complexity index is 743. The Labute approximate surface area is 159 Å². The second kappa shape index (κ2) is 9.37. The van der Waals surface area contributed by atoms with E-state index in [-0.39, 0.29) is 11.7 Å². The van der Waals surface area contributed by atoms with E-state index in [9.17, 15) is 9.18 Å². The molecular weight excluding hydrogens is 345 g/mol. The van der Waals surface area contributed by atoms with Crippen LogP contribution in [0.5, 0.6) is 5.75 Å². The van der Waals surface area contributed by atoms with Crippen molar-refractivity contribution < 1.29 is 13.9 Å². The van der Waals surface area contributed by atoms with Gasteiger partial charge >= 0.3 is 0 Å². The Kier molecular flexibility index (Phi) is 6.65. The highest BCUT2D eigenvalue weighted by Crippen LogP contribution is 2.20. The predicted octanol–water partition coefficient (Wildman–Crippen LogP) is 3.38. The van der Waals surface area contributed by atoms with Gasteiger partial charge in [0.2, 0.25) is 5.91 Å². The molecule has 2 aromatic carbocycles. The minimum absolute atomic E-state index is 0.0845. The fraction of sp³-hybridized carbons (Fsp3) is 0.381. The molecule has 144 valence electrons. The molecule has 3 rings (SSSR count). The van der Waals surface area contributed by atoms with Crippen LogP contribution in [0.1, 0.15) is 13.3 Å². The summed E-state index contributed by atoms with van der Waals surface area (Å²) < 4.78 is 19.6. The molecule has 0 spiro atoms. The van der Waals surface area contributed by atoms with Crippen molar-refractivity contribution in [1.82, 2.24) is 4.90 Å². The Hall–Kier alpha value is -2.60. The van der Waals surface area contributed by atoms with E-state index in [1.165, 1.54) is 13.0 Å². The van der Waals surface area contributed by atoms with Crippen LogP contribution in [-0.2, 0) is 4.79 Å². The average molecular weight is 371 g/mol. The van der Waals surface area contributed by atoms with Gasteiger partial charge in [-0.3, -0.25) is 9.69 Å². The first-order valence-electron chi connectivity index (χ1n) is 9.34. The number of anilines is 2. The normalized spacial score (nSPS) is 14.8. The molecule has 0 aromatic heterocycles. The molecule has 27 heavy (non-hydrogen) atoms. The number of piperazine rings is 1. The van der Waals surface area contributed by atoms with E-state index in [2.05, 4.69) is 15.1 Å². The molecule has 0 bridgehead atoms. The van der Waals surface area contributed by atoms with Gasteiger partial charge in [0.1, 0.15) is 11.6 Å². The third-order valence-electron chi connectivity index (χ3n) is 4.63. The lowest BCUT2D eigenvalue weighted by atomic mass is 10.2. The second-order valence-corrected chi connectivity index (χ2v) is 6.69. The number of amides is 1. The molecule has 1 saturated heterocycles. The highest BCUT2D eigenvalue weighted by molar-refractivity contribution is 5.88. The summed E-state index contributed by atoms with van der Waals surface area (Å²) in [7, 11) is 0. The smallest absolute Gasteiger partial charge is 0.221 e. The molecule has 1 N–H and O–H groups in total. The lowest BCUT2D eigenvalue weighted by Crippen LogP contribution is -2.47. The minimum Gasteiger partial charge on any atom is -0.494 e. The summed E-state index contributed by atoms with van der Waals surface area (Å²) in [5, 5.41) is 2.73. The summed E-state index contributed by atoms with van der Waals surface area (Å²) in [6.07, 6.45) is 0.938. The maximum Gasteiger partial charge on any atom is 0.221 e. The molecule has 0 atom stereocenters. The van der Waals surface area contributed by atoms with Gasteiger partial charge in [-0.05, 0) is 42.8 Å². The number of halogens is 1. The first-order valence-corrected chi connectivity index (χ1v) is 9.34. The van der Waals surface area contributed by atoms with Crippen LogP contribution >= 0.6 is 0 Å². The van der Waals surface area contributed by atoms with E-state index < -0.39 is 0 Å². The maximum absolute atomic E-state index is 13.9. The fourth-order valence-corrected chi connectivity index (χ4v) is 3.24. The molecule has 2 aromatic rings. The molecule has 6 heteroatoms. The van der Waals surface area contributed by atoms with Crippen molar-refractivity contribution in [3.63, 3.8) is 0 Å². The number of carbonyl (C=O) groups excluding carboxylic acids is 1. The number of hydrogen-bond acceptors (Lipinski definition) is 4. The highest BCUT2D eigenvalue weighted by Gasteiger charge is 2.18. The topological polar surface area (TPSA) is 44.8 Å². The van der Waals surface area contributed by atoms with Crippen LogP contribution in [0, 0.1) is 5.82 Å². The lowest BCUT2D eigenvalue weighted by Gasteiger charge is -2.36. The van der Waals surface area contributed by atoms with Gasteiger partial charge in [0.25, 0.3) is 0 Å². The molecule has 0 unspecified atom stereocenters. The lowest BCUT2D eigenvalue weighted by molar-refractivity contribution is -0.114. The van der Waals surface area contributed by atoms with Crippen LogP contribution in [0.4, 0.5) is 15.8 Å². The van der Waals surface area contributed by atoms with Crippen molar-refractivity contribution in [2.24, 2.45) is 0 Å². The van der Waals surface area contributed by atoms with Gasteiger partial charge in [0.15, 0.2) is 0 Å². The third kappa shape index (κ3) is 5.69. The van der Waals surface area contributed by atoms with Crippen LogP contribution in [0.3, 0.4) is 0 Å². The number of nitrogens with zero attached hydrogens (tertiary/aromatic N) is 2. The summed E-state index contributed by atoms with van der Waals surface area (Å²) in [5.41, 5.74) is 1.46. The Morgan fingerprint density at radius 1 is 1.07 bits per heavy atom. The molecule has 5 nitrogen and oxygen atoms in total. The van der Waals surface area contributed by atoms with Crippen molar-refractivity contribution >= 4 is 17.3 Å². The van der Waals surface area contributed by atoms with Gasteiger partial charge < -0.3 is 15.0 Å². The molecule has 1 amide bonds. The van der Waals surface area contributed by atoms with E-state index in [0.717, 1.165) is 50.6 Å². The zero-order valence-corrected chi connectivity index (χ0v) is 15.7. The number of para-hydroxylation sites is 1. The van der Waals surface area contributed by atoms with E-state index >= 15 is 0 Å². The SMILES string of the molecule is CC(=O)Nc1ccc(OCCCN2CCN(c3ccccc3F)CC2)cc1. The van der Waals surface area contributed by atoms with E-state index in [4.69, 9.17) is 4.74 Å². The van der Waals surface area contributed by atoms with Crippen molar-refractivity contribution in [3.05, 3.63) is 54.3 Å². The average Bonchev–Trinajstić information content (AvgIpc) is 2.67. The summed E-state index contributed by atoms with van der Waals surface area (Å²) >= 11 is 0. The zero-order chi connectivity index (χ0) is 19.1. The summed E-state index contributed by atoms with van der Waals surface area (Å²) in [6.45, 7) is 6.64. The number of benzene rings is 2. The Morgan fingerprint density at radius 3 is 2.44 bits per heavy atom. The van der Waals surface area contributed by atoms with Crippen LogP contribution in [-0.4, -0.2) is 50.1 Å². The molecule has 0 saturated carbocycles. The van der Waals surface area contributed by atoms with E-state index in [0.29, 0.717) is 12.3 Å². The first-order chi connectivity index (χ1) is 13.1. The van der Waals surface area contributed by atoms with Crippen LogP contribution in [0.25, 0.3) is 0 Å². The molecule has 1 aliphatic rings. The predicted molar refractivity (Wildman–Crippen MR) is 106 cm³/mol. The zero-order valence-electron chi connectivity index (χ0n) is 15.7. The highest BCUT2D eigenvalue weighted by atomic mass is 19.1. The van der Waals surface area contributed by atoms with Gasteiger partial charge in [-0.1, -0.05) is 12.1 Å². The van der Waals surface area contributed by atoms with Gasteiger partial charge in [-0.15, -0.1) is 0 Å². The van der Waals surface area contributed by atoms with Crippen LogP contribution in [0.2, 0.25) is 0 Å². The summed E-state index contributed by atoms with van der Waals surface area (Å²) in [6, 6.07) is 14.3. The third-order valence-corrected chi connectivity index (χ3v) is 4.63. The summed E-state index contributed by atoms with van der Waals surface area (Å²) in [4.78, 5) is 15.5. The first kappa shape index (κ1) is 19.2. The number of rotatable bonds is 7. The Balaban J connectivity index is 1.35. The molecular formula is C21H26FN3O2. The van der Waals surface area contributed by atoms with E-state index in [1.807, 2.05) is 36.4 Å². The van der Waals surface area contributed by atoms with Crippen molar-refractivity contribution in [2.45, 2.75) is 13.3 Å². The maximum atomic E-state index is 13.9. The second-order valence-electron chi connectivity index (χ2n) is 6.69. The quantitative estimate of drug-likeness (QED) is 0.758. The van der Waals surface area contributed by atoms with Gasteiger partial charge in [-0.25, -0.2) is 4.39 Å². The van der Waals surface area contributed by atoms with Gasteiger partial charge in [-0.2, -0.15) is 0 Å². The molecule has 1 heterocycles. The molecule has 0 aliphatic carbocycles. The largest absolute Gasteiger partial charge is 0.494 e. The standard InChI is InChI=1S/C21H26FN3O2/c1-17(26)23-18-7-9-19(10-8-18)27-16-4-11-24-12-14-25(15-13-24)21-6-3-2-5-20(21)22/h2-3,5-10H,4,11-16H2,1H3,(H,23,26). The number of ether oxygens (including phenoxy) is 1. The molecule has 1 aliphatic heterocycles. The van der Waals surface area contributed by atoms with Crippen LogP contribution in [0.15, 0.2) is 48.5 Å². The van der Waals surface area contributed by atoms with Gasteiger partial charge in [0, 0.05) is 45.3 Å². The monoisotopic (exact) mass is 371 g/mol. The minimum atomic E-state index is -0.149. The van der Waals surface area contributed by atoms with Gasteiger partial charge in [0.05, 0.1) is 12.3 Å². The Morgan fingerprint density at radius 2 is 1.78 bits per heavy atom. The number of nitrogens with one attached hydrogen (secondary N) is 1. The number of hydrogen-bond donors (Lipinski definition) is 1. The van der Waals surface area contributed by atoms with Crippen LogP contribution < -0.4 is 15.0 Å². The van der Waals surface area contributed by atoms with Crippen molar-refractivity contribution in [1.29, 1.82) is 0 Å². The fourth-order valence-electron chi connectivity index (χ4n) is 3.24. The van der Waals surface area contributed by atoms with Crippen molar-refractivity contribution in [2.75, 3.05) is 49.5 Å².